The molecule has 2 heterocycles. The van der Waals surface area contributed by atoms with E-state index < -0.39 is 14.6 Å². The molecule has 0 saturated heterocycles. The Morgan fingerprint density at radius 1 is 0.750 bits per heavy atom. The number of rotatable bonds is 5. The Hall–Kier alpha value is -4.03. The van der Waals surface area contributed by atoms with Crippen LogP contribution in [-0.2, 0) is 14.6 Å². The van der Waals surface area contributed by atoms with Crippen LogP contribution < -0.4 is 4.73 Å². The quantitative estimate of drug-likeness (QED) is 0.217. The zero-order valence-corrected chi connectivity index (χ0v) is 21.2. The number of fused-ring (bicyclic) bond motifs is 1. The molecule has 5 rings (SSSR count). The molecule has 180 valence electrons. The maximum Gasteiger partial charge on any atom is 0.180 e. The van der Waals surface area contributed by atoms with Gasteiger partial charge in [-0.05, 0) is 77.6 Å². The highest BCUT2D eigenvalue weighted by Crippen LogP contribution is 2.37. The van der Waals surface area contributed by atoms with E-state index in [9.17, 15) is 13.6 Å². The summed E-state index contributed by atoms with van der Waals surface area (Å²) >= 11 is 0. The molecule has 0 aliphatic heterocycles. The van der Waals surface area contributed by atoms with Crippen LogP contribution >= 0.6 is 0 Å². The third-order valence-electron chi connectivity index (χ3n) is 6.83. The minimum Gasteiger partial charge on any atom is -0.619 e. The molecule has 0 fully saturated rings. The Kier molecular flexibility index (Phi) is 5.85. The van der Waals surface area contributed by atoms with Crippen molar-refractivity contribution in [2.75, 3.05) is 6.26 Å². The number of aromatic nitrogens is 2. The number of pyridine rings is 2. The fraction of sp³-hybridized carbons (Fsp3) is 0.133. The van der Waals surface area contributed by atoms with Gasteiger partial charge in [0.25, 0.3) is 0 Å². The Morgan fingerprint density at radius 3 is 1.97 bits per heavy atom. The molecule has 0 N–H and O–H groups in total. The highest BCUT2D eigenvalue weighted by molar-refractivity contribution is 7.91. The molecule has 36 heavy (non-hydrogen) atoms. The van der Waals surface area contributed by atoms with Gasteiger partial charge in [-0.15, -0.1) is 0 Å². The Morgan fingerprint density at radius 2 is 1.33 bits per heavy atom. The van der Waals surface area contributed by atoms with E-state index in [1.165, 1.54) is 18.6 Å². The topological polar surface area (TPSA) is 74.0 Å². The van der Waals surface area contributed by atoms with Crippen molar-refractivity contribution in [2.24, 2.45) is 0 Å². The van der Waals surface area contributed by atoms with Crippen LogP contribution in [0.3, 0.4) is 0 Å². The zero-order valence-electron chi connectivity index (χ0n) is 20.3. The predicted molar refractivity (Wildman–Crippen MR) is 145 cm³/mol. The highest BCUT2D eigenvalue weighted by atomic mass is 32.2. The lowest BCUT2D eigenvalue weighted by molar-refractivity contribution is -0.605. The third kappa shape index (κ3) is 4.36. The van der Waals surface area contributed by atoms with E-state index in [4.69, 9.17) is 0 Å². The number of hydrogen-bond donors (Lipinski definition) is 0. The van der Waals surface area contributed by atoms with Crippen LogP contribution in [0.2, 0.25) is 0 Å². The van der Waals surface area contributed by atoms with Gasteiger partial charge in [0.05, 0.1) is 10.3 Å². The van der Waals surface area contributed by atoms with Gasteiger partial charge in [0.2, 0.25) is 0 Å². The first kappa shape index (κ1) is 23.7. The molecule has 0 spiro atoms. The molecular weight excluding hydrogens is 468 g/mol. The van der Waals surface area contributed by atoms with E-state index >= 15 is 0 Å². The summed E-state index contributed by atoms with van der Waals surface area (Å²) in [5.74, 6) is 0. The Balaban J connectivity index is 1.65. The van der Waals surface area contributed by atoms with Gasteiger partial charge in [0.15, 0.2) is 22.2 Å². The van der Waals surface area contributed by atoms with Crippen molar-refractivity contribution in [3.05, 3.63) is 114 Å². The molecule has 0 unspecified atom stereocenters. The fourth-order valence-corrected chi connectivity index (χ4v) is 4.87. The second-order valence-electron chi connectivity index (χ2n) is 9.49. The van der Waals surface area contributed by atoms with E-state index in [1.54, 1.807) is 32.2 Å². The molecule has 2 aromatic heterocycles. The van der Waals surface area contributed by atoms with Crippen molar-refractivity contribution in [2.45, 2.75) is 18.6 Å². The third-order valence-corrected chi connectivity index (χ3v) is 8.92. The van der Waals surface area contributed by atoms with Crippen LogP contribution in [0.15, 0.2) is 104 Å². The van der Waals surface area contributed by atoms with Crippen LogP contribution in [0.4, 0.5) is 0 Å². The lowest BCUT2D eigenvalue weighted by Gasteiger charge is -2.24. The molecule has 5 aromatic rings. The van der Waals surface area contributed by atoms with Crippen LogP contribution in [0.25, 0.3) is 44.3 Å². The molecule has 0 saturated carbocycles. The number of sulfone groups is 1. The van der Waals surface area contributed by atoms with E-state index in [2.05, 4.69) is 29.2 Å². The minimum absolute atomic E-state index is 0.729. The molecule has 0 bridgehead atoms. The van der Waals surface area contributed by atoms with Crippen molar-refractivity contribution in [1.29, 1.82) is 0 Å². The van der Waals surface area contributed by atoms with Crippen LogP contribution in [0.5, 0.6) is 0 Å². The number of hydrogen-bond acceptors (Lipinski definition) is 4. The van der Waals surface area contributed by atoms with Gasteiger partial charge in [0.1, 0.15) is 0 Å². The first-order valence-corrected chi connectivity index (χ1v) is 13.5. The average molecular weight is 495 g/mol. The van der Waals surface area contributed by atoms with Gasteiger partial charge in [-0.25, -0.2) is 8.42 Å². The monoisotopic (exact) mass is 494 g/mol. The molecular formula is C30H26N2O3S. The molecule has 0 aliphatic rings. The summed E-state index contributed by atoms with van der Waals surface area (Å²) in [4.78, 5) is 4.63. The molecule has 3 aromatic carbocycles. The molecule has 0 aliphatic carbocycles. The summed E-state index contributed by atoms with van der Waals surface area (Å²) < 4.78 is 24.9. The average Bonchev–Trinajstić information content (AvgIpc) is 2.88. The molecule has 0 atom stereocenters. The summed E-state index contributed by atoms with van der Waals surface area (Å²) in [5.41, 5.74) is 7.45. The minimum atomic E-state index is -3.35. The van der Waals surface area contributed by atoms with Crippen molar-refractivity contribution in [3.8, 4) is 33.4 Å². The summed E-state index contributed by atoms with van der Waals surface area (Å²) in [6.07, 6.45) is 6.01. The van der Waals surface area contributed by atoms with Gasteiger partial charge in [0, 0.05) is 35.5 Å². The highest BCUT2D eigenvalue weighted by Gasteiger charge is 2.33. The zero-order chi connectivity index (χ0) is 25.5. The van der Waals surface area contributed by atoms with E-state index in [0.29, 0.717) is 0 Å². The number of benzene rings is 3. The van der Waals surface area contributed by atoms with Crippen molar-refractivity contribution in [3.63, 3.8) is 0 Å². The lowest BCUT2D eigenvalue weighted by atomic mass is 9.92. The van der Waals surface area contributed by atoms with Crippen LogP contribution in [-0.4, -0.2) is 19.7 Å². The smallest absolute Gasteiger partial charge is 0.180 e. The summed E-state index contributed by atoms with van der Waals surface area (Å²) in [6, 6.07) is 27.7. The van der Waals surface area contributed by atoms with E-state index in [-0.39, 0.29) is 0 Å². The number of nitrogens with zero attached hydrogens (tertiary/aromatic N) is 2. The predicted octanol–water partition coefficient (Wildman–Crippen LogP) is 6.15. The molecule has 0 amide bonds. The van der Waals surface area contributed by atoms with Crippen LogP contribution in [0, 0.1) is 5.21 Å². The van der Waals surface area contributed by atoms with Crippen LogP contribution in [0.1, 0.15) is 19.4 Å². The normalized spacial score (nSPS) is 12.1. The van der Waals surface area contributed by atoms with Gasteiger partial charge in [-0.2, -0.15) is 4.73 Å². The maximum atomic E-state index is 12.6. The fourth-order valence-electron chi connectivity index (χ4n) is 4.32. The van der Waals surface area contributed by atoms with Gasteiger partial charge in [-0.1, -0.05) is 42.5 Å². The summed E-state index contributed by atoms with van der Waals surface area (Å²) in [5, 5.41) is 12.3. The summed E-state index contributed by atoms with van der Waals surface area (Å²) in [6.45, 7) is 3.48. The van der Waals surface area contributed by atoms with Gasteiger partial charge < -0.3 is 5.21 Å². The molecule has 0 radical (unpaired) electrons. The first-order chi connectivity index (χ1) is 17.1. The Labute approximate surface area is 211 Å². The van der Waals surface area contributed by atoms with E-state index in [0.717, 1.165) is 54.6 Å². The van der Waals surface area contributed by atoms with Crippen molar-refractivity contribution in [1.82, 2.24) is 4.98 Å². The van der Waals surface area contributed by atoms with Crippen molar-refractivity contribution < 1.29 is 13.1 Å². The first-order valence-electron chi connectivity index (χ1n) is 11.6. The van der Waals surface area contributed by atoms with Gasteiger partial charge >= 0.3 is 0 Å². The SMILES string of the molecule is CC(C)(c1cc(-c2cccc(-c3cccc(-c4cc[n+]([O-])cc4)c3)c2)c2ncccc2c1)S(C)(=O)=O. The summed E-state index contributed by atoms with van der Waals surface area (Å²) in [7, 11) is -3.35. The van der Waals surface area contributed by atoms with Crippen molar-refractivity contribution >= 4 is 20.7 Å². The molecule has 5 nitrogen and oxygen atoms in total. The van der Waals surface area contributed by atoms with Gasteiger partial charge in [-0.3, -0.25) is 4.98 Å². The standard InChI is InChI=1S/C30H26N2O3S/c1-30(2,36(3,34)35)27-19-26-11-6-14-31-29(26)28(20-27)25-10-5-9-24(18-25)23-8-4-7-22(17-23)21-12-15-32(33)16-13-21/h4-20H,1-3H3. The van der Waals surface area contributed by atoms with E-state index in [1.807, 2.05) is 48.5 Å². The largest absolute Gasteiger partial charge is 0.619 e. The molecule has 6 heteroatoms. The maximum absolute atomic E-state index is 12.6. The second kappa shape index (κ2) is 8.88. The lowest BCUT2D eigenvalue weighted by Crippen LogP contribution is -2.28. The second-order valence-corrected chi connectivity index (χ2v) is 12.1. The Bertz CT molecular complexity index is 1690.